The van der Waals surface area contributed by atoms with E-state index in [9.17, 15) is 13.2 Å². The van der Waals surface area contributed by atoms with Crippen molar-refractivity contribution in [3.05, 3.63) is 40.0 Å². The number of guanidine groups is 1. The van der Waals surface area contributed by atoms with E-state index in [4.69, 9.17) is 4.74 Å². The van der Waals surface area contributed by atoms with Gasteiger partial charge in [0, 0.05) is 37.2 Å². The SMILES string of the molecule is CCNC(=NCc1ccc(OC(C)C)nc1)NCCc1nc(C(F)(F)F)cs1.I. The van der Waals surface area contributed by atoms with E-state index >= 15 is 0 Å². The molecule has 11 heteroatoms. The Balaban J connectivity index is 0.00000420. The maximum atomic E-state index is 12.6. The molecular weight excluding hydrogens is 518 g/mol. The number of nitrogens with one attached hydrogen (secondary N) is 2. The molecule has 0 fully saturated rings. The second kappa shape index (κ2) is 12.2. The summed E-state index contributed by atoms with van der Waals surface area (Å²) in [4.78, 5) is 12.3. The van der Waals surface area contributed by atoms with Gasteiger partial charge >= 0.3 is 6.18 Å². The lowest BCUT2D eigenvalue weighted by atomic mass is 10.3. The molecule has 2 aromatic rings. The molecule has 6 nitrogen and oxygen atoms in total. The van der Waals surface area contributed by atoms with E-state index < -0.39 is 11.9 Å². The Hall–Kier alpha value is -1.63. The van der Waals surface area contributed by atoms with Crippen LogP contribution in [0.15, 0.2) is 28.7 Å². The van der Waals surface area contributed by atoms with Crippen LogP contribution in [0.5, 0.6) is 5.88 Å². The summed E-state index contributed by atoms with van der Waals surface area (Å²) in [6.45, 7) is 7.32. The molecule has 162 valence electrons. The van der Waals surface area contributed by atoms with Crippen LogP contribution in [-0.4, -0.2) is 35.1 Å². The van der Waals surface area contributed by atoms with Crippen LogP contribution in [0, 0.1) is 0 Å². The van der Waals surface area contributed by atoms with E-state index in [-0.39, 0.29) is 30.1 Å². The van der Waals surface area contributed by atoms with Crippen LogP contribution < -0.4 is 15.4 Å². The molecule has 29 heavy (non-hydrogen) atoms. The van der Waals surface area contributed by atoms with Gasteiger partial charge in [-0.05, 0) is 26.3 Å². The van der Waals surface area contributed by atoms with Crippen molar-refractivity contribution in [2.45, 2.75) is 46.0 Å². The maximum absolute atomic E-state index is 12.6. The largest absolute Gasteiger partial charge is 0.475 e. The lowest BCUT2D eigenvalue weighted by Crippen LogP contribution is -2.38. The summed E-state index contributed by atoms with van der Waals surface area (Å²) in [5, 5.41) is 7.67. The van der Waals surface area contributed by atoms with E-state index in [1.165, 1.54) is 0 Å². The number of alkyl halides is 3. The van der Waals surface area contributed by atoms with Crippen molar-refractivity contribution in [2.75, 3.05) is 13.1 Å². The number of nitrogens with zero attached hydrogens (tertiary/aromatic N) is 3. The monoisotopic (exact) mass is 543 g/mol. The zero-order chi connectivity index (χ0) is 20.6. The first-order valence-electron chi connectivity index (χ1n) is 8.93. The molecule has 0 spiro atoms. The summed E-state index contributed by atoms with van der Waals surface area (Å²) in [6.07, 6.45) is -2.25. The topological polar surface area (TPSA) is 71.4 Å². The van der Waals surface area contributed by atoms with Crippen LogP contribution in [0.3, 0.4) is 0 Å². The minimum absolute atomic E-state index is 0. The fourth-order valence-electron chi connectivity index (χ4n) is 2.17. The predicted molar refractivity (Wildman–Crippen MR) is 119 cm³/mol. The number of halogens is 4. The van der Waals surface area contributed by atoms with Gasteiger partial charge in [0.25, 0.3) is 0 Å². The number of rotatable bonds is 8. The second-order valence-corrected chi connectivity index (χ2v) is 7.11. The highest BCUT2D eigenvalue weighted by molar-refractivity contribution is 14.0. The van der Waals surface area contributed by atoms with Gasteiger partial charge in [0.2, 0.25) is 5.88 Å². The molecule has 2 aromatic heterocycles. The van der Waals surface area contributed by atoms with Crippen LogP contribution in [0.4, 0.5) is 13.2 Å². The quantitative estimate of drug-likeness (QED) is 0.296. The fourth-order valence-corrected chi connectivity index (χ4v) is 2.98. The van der Waals surface area contributed by atoms with Gasteiger partial charge in [-0.2, -0.15) is 13.2 Å². The van der Waals surface area contributed by atoms with Crippen LogP contribution in [-0.2, 0) is 19.1 Å². The first kappa shape index (κ1) is 25.4. The number of aromatic nitrogens is 2. The number of pyridine rings is 1. The van der Waals surface area contributed by atoms with Crippen molar-refractivity contribution in [1.82, 2.24) is 20.6 Å². The van der Waals surface area contributed by atoms with Gasteiger partial charge in [-0.15, -0.1) is 35.3 Å². The van der Waals surface area contributed by atoms with Crippen molar-refractivity contribution >= 4 is 41.3 Å². The van der Waals surface area contributed by atoms with E-state index in [1.807, 2.05) is 26.8 Å². The summed E-state index contributed by atoms with van der Waals surface area (Å²) in [6, 6.07) is 3.69. The van der Waals surface area contributed by atoms with E-state index in [0.29, 0.717) is 42.9 Å². The number of thiazole rings is 1. The van der Waals surface area contributed by atoms with Gasteiger partial charge in [-0.1, -0.05) is 6.07 Å². The normalized spacial score (nSPS) is 11.9. The van der Waals surface area contributed by atoms with Crippen molar-refractivity contribution in [3.63, 3.8) is 0 Å². The summed E-state index contributed by atoms with van der Waals surface area (Å²) < 4.78 is 43.3. The number of aliphatic imine (C=N–C) groups is 1. The molecule has 2 heterocycles. The first-order chi connectivity index (χ1) is 13.3. The van der Waals surface area contributed by atoms with E-state index in [2.05, 4.69) is 25.6 Å². The summed E-state index contributed by atoms with van der Waals surface area (Å²) in [5.41, 5.74) is 0.0773. The van der Waals surface area contributed by atoms with Crippen molar-refractivity contribution in [3.8, 4) is 5.88 Å². The maximum Gasteiger partial charge on any atom is 0.434 e. The molecular formula is C18H25F3IN5OS. The van der Waals surface area contributed by atoms with Crippen molar-refractivity contribution in [2.24, 2.45) is 4.99 Å². The highest BCUT2D eigenvalue weighted by Crippen LogP contribution is 2.29. The fraction of sp³-hybridized carbons (Fsp3) is 0.500. The Morgan fingerprint density at radius 1 is 1.28 bits per heavy atom. The molecule has 0 amide bonds. The van der Waals surface area contributed by atoms with Crippen LogP contribution in [0.2, 0.25) is 0 Å². The number of hydrogen-bond donors (Lipinski definition) is 2. The number of hydrogen-bond acceptors (Lipinski definition) is 5. The molecule has 0 atom stereocenters. The summed E-state index contributed by atoms with van der Waals surface area (Å²) in [5.74, 6) is 1.15. The minimum atomic E-state index is -4.40. The molecule has 0 aliphatic rings. The van der Waals surface area contributed by atoms with Crippen LogP contribution >= 0.6 is 35.3 Å². The van der Waals surface area contributed by atoms with Crippen LogP contribution in [0.25, 0.3) is 0 Å². The highest BCUT2D eigenvalue weighted by atomic mass is 127. The Kier molecular flexibility index (Phi) is 10.6. The van der Waals surface area contributed by atoms with Gasteiger partial charge < -0.3 is 15.4 Å². The third-order valence-corrected chi connectivity index (χ3v) is 4.30. The molecule has 0 bridgehead atoms. The molecule has 0 saturated carbocycles. The molecule has 0 aromatic carbocycles. The summed E-state index contributed by atoms with van der Waals surface area (Å²) in [7, 11) is 0. The molecule has 0 aliphatic carbocycles. The Morgan fingerprint density at radius 3 is 2.59 bits per heavy atom. The van der Waals surface area contributed by atoms with Crippen molar-refractivity contribution in [1.29, 1.82) is 0 Å². The number of ether oxygens (including phenoxy) is 1. The molecule has 0 saturated heterocycles. The second-order valence-electron chi connectivity index (χ2n) is 6.17. The predicted octanol–water partition coefficient (Wildman–Crippen LogP) is 4.26. The zero-order valence-corrected chi connectivity index (χ0v) is 19.6. The van der Waals surface area contributed by atoms with Gasteiger partial charge in [-0.3, -0.25) is 0 Å². The van der Waals surface area contributed by atoms with Gasteiger partial charge in [0.05, 0.1) is 17.7 Å². The van der Waals surface area contributed by atoms with Gasteiger partial charge in [0.1, 0.15) is 0 Å². The first-order valence-corrected chi connectivity index (χ1v) is 9.81. The molecule has 0 radical (unpaired) electrons. The lowest BCUT2D eigenvalue weighted by molar-refractivity contribution is -0.140. The Bertz CT molecular complexity index is 766. The Labute approximate surface area is 189 Å². The average molecular weight is 543 g/mol. The zero-order valence-electron chi connectivity index (χ0n) is 16.4. The molecule has 0 unspecified atom stereocenters. The lowest BCUT2D eigenvalue weighted by Gasteiger charge is -2.11. The Morgan fingerprint density at radius 2 is 2.03 bits per heavy atom. The third kappa shape index (κ3) is 9.15. The summed E-state index contributed by atoms with van der Waals surface area (Å²) >= 11 is 1.01. The van der Waals surface area contributed by atoms with E-state index in [0.717, 1.165) is 22.3 Å². The highest BCUT2D eigenvalue weighted by Gasteiger charge is 2.33. The van der Waals surface area contributed by atoms with Crippen LogP contribution in [0.1, 0.15) is 37.0 Å². The molecule has 0 aliphatic heterocycles. The average Bonchev–Trinajstić information content (AvgIpc) is 3.10. The molecule has 2 N–H and O–H groups in total. The van der Waals surface area contributed by atoms with E-state index in [1.54, 1.807) is 12.3 Å². The smallest absolute Gasteiger partial charge is 0.434 e. The molecule has 2 rings (SSSR count). The standard InChI is InChI=1S/C18H24F3N5OS.HI/c1-4-22-17(23-8-7-16-26-14(11-28-16)18(19,20)21)25-10-13-5-6-15(24-9-13)27-12(2)3;/h5-6,9,11-12H,4,7-8,10H2,1-3H3,(H2,22,23,25);1H. The van der Waals surface area contributed by atoms with Crippen molar-refractivity contribution < 1.29 is 17.9 Å². The van der Waals surface area contributed by atoms with Gasteiger partial charge in [-0.25, -0.2) is 15.0 Å². The van der Waals surface area contributed by atoms with Gasteiger partial charge in [0.15, 0.2) is 11.7 Å². The third-order valence-electron chi connectivity index (χ3n) is 3.39. The minimum Gasteiger partial charge on any atom is -0.475 e.